The molecule has 0 saturated carbocycles. The number of esters is 1. The molecule has 7 heteroatoms. The third kappa shape index (κ3) is 7.03. The van der Waals surface area contributed by atoms with E-state index in [0.29, 0.717) is 13.0 Å². The normalized spacial score (nSPS) is 13.6. The largest absolute Gasteiger partial charge is 0.466 e. The molecule has 0 radical (unpaired) electrons. The van der Waals surface area contributed by atoms with Gasteiger partial charge < -0.3 is 14.7 Å². The second kappa shape index (κ2) is 9.53. The van der Waals surface area contributed by atoms with Gasteiger partial charge in [-0.2, -0.15) is 8.42 Å². The summed E-state index contributed by atoms with van der Waals surface area (Å²) >= 11 is 0. The summed E-state index contributed by atoms with van der Waals surface area (Å²) in [5.74, 6) is -0.233. The molecule has 2 aromatic carbocycles. The predicted molar refractivity (Wildman–Crippen MR) is 104 cm³/mol. The molecular formula is C20H25NO5S. The third-order valence-electron chi connectivity index (χ3n) is 4.08. The fraction of sp³-hybridized carbons (Fsp3) is 0.350. The Morgan fingerprint density at radius 3 is 2.26 bits per heavy atom. The number of carbonyl (C=O) groups is 1. The Kier molecular flexibility index (Phi) is 7.38. The van der Waals surface area contributed by atoms with Crippen LogP contribution in [-0.2, 0) is 26.1 Å². The second-order valence-electron chi connectivity index (χ2n) is 6.33. The molecule has 0 aliphatic carbocycles. The van der Waals surface area contributed by atoms with Crippen LogP contribution in [0.5, 0.6) is 5.75 Å². The van der Waals surface area contributed by atoms with Gasteiger partial charge in [-0.1, -0.05) is 42.5 Å². The van der Waals surface area contributed by atoms with Gasteiger partial charge in [-0.05, 0) is 36.6 Å². The number of hydrogen-bond acceptors (Lipinski definition) is 6. The number of ether oxygens (including phenoxy) is 1. The molecule has 146 valence electrons. The average molecular weight is 391 g/mol. The Labute approximate surface area is 160 Å². The molecule has 2 N–H and O–H groups in total. The number of rotatable bonds is 9. The van der Waals surface area contributed by atoms with Gasteiger partial charge >= 0.3 is 16.1 Å². The van der Waals surface area contributed by atoms with Gasteiger partial charge in [-0.15, -0.1) is 0 Å². The number of benzene rings is 2. The molecule has 0 spiro atoms. The van der Waals surface area contributed by atoms with E-state index in [2.05, 4.69) is 0 Å². The molecule has 6 nitrogen and oxygen atoms in total. The minimum atomic E-state index is -3.58. The summed E-state index contributed by atoms with van der Waals surface area (Å²) in [5, 5.41) is 0. The quantitative estimate of drug-likeness (QED) is 0.521. The van der Waals surface area contributed by atoms with E-state index >= 15 is 0 Å². The molecule has 0 aliphatic heterocycles. The highest BCUT2D eigenvalue weighted by atomic mass is 32.2. The van der Waals surface area contributed by atoms with Crippen molar-refractivity contribution in [1.29, 1.82) is 0 Å². The maximum absolute atomic E-state index is 11.9. The summed E-state index contributed by atoms with van der Waals surface area (Å²) in [6, 6.07) is 16.1. The summed E-state index contributed by atoms with van der Waals surface area (Å²) in [6.45, 7) is 2.07. The Hall–Kier alpha value is -2.38. The standard InChI is InChI=1S/C20H25NO5S/c1-3-25-20(22)14-19(21)18(13-15-7-5-4-6-8-15)16-9-11-17(12-10-16)26-27(2,23)24/h4-12,18-19H,3,13-14,21H2,1-2H3. The van der Waals surface area contributed by atoms with E-state index in [1.54, 1.807) is 31.2 Å². The van der Waals surface area contributed by atoms with E-state index < -0.39 is 16.2 Å². The van der Waals surface area contributed by atoms with E-state index in [9.17, 15) is 13.2 Å². The summed E-state index contributed by atoms with van der Waals surface area (Å²) in [4.78, 5) is 11.9. The molecule has 0 amide bonds. The summed E-state index contributed by atoms with van der Waals surface area (Å²) < 4.78 is 32.4. The fourth-order valence-electron chi connectivity index (χ4n) is 2.88. The predicted octanol–water partition coefficient (Wildman–Crippen LogP) is 2.63. The number of hydrogen-bond donors (Lipinski definition) is 1. The van der Waals surface area contributed by atoms with Crippen molar-refractivity contribution < 1.29 is 22.1 Å². The van der Waals surface area contributed by atoms with Gasteiger partial charge in [0.15, 0.2) is 0 Å². The lowest BCUT2D eigenvalue weighted by molar-refractivity contribution is -0.143. The Balaban J connectivity index is 2.23. The van der Waals surface area contributed by atoms with Gasteiger partial charge in [0.1, 0.15) is 5.75 Å². The van der Waals surface area contributed by atoms with Gasteiger partial charge in [-0.25, -0.2) is 0 Å². The van der Waals surface area contributed by atoms with Crippen molar-refractivity contribution in [2.45, 2.75) is 31.7 Å². The first-order valence-corrected chi connectivity index (χ1v) is 10.5. The Morgan fingerprint density at radius 1 is 1.07 bits per heavy atom. The first-order chi connectivity index (χ1) is 12.8. The van der Waals surface area contributed by atoms with Crippen LogP contribution in [0.4, 0.5) is 0 Å². The molecule has 2 rings (SSSR count). The Morgan fingerprint density at radius 2 is 1.70 bits per heavy atom. The van der Waals surface area contributed by atoms with Crippen LogP contribution in [0.3, 0.4) is 0 Å². The van der Waals surface area contributed by atoms with E-state index in [0.717, 1.165) is 17.4 Å². The van der Waals surface area contributed by atoms with Crippen molar-refractivity contribution in [3.05, 3.63) is 65.7 Å². The SMILES string of the molecule is CCOC(=O)CC(N)C(Cc1ccccc1)c1ccc(OS(C)(=O)=O)cc1. The molecule has 0 bridgehead atoms. The van der Waals surface area contributed by atoms with Crippen molar-refractivity contribution in [2.75, 3.05) is 12.9 Å². The maximum Gasteiger partial charge on any atom is 0.307 e. The van der Waals surface area contributed by atoms with Crippen LogP contribution in [0.25, 0.3) is 0 Å². The second-order valence-corrected chi connectivity index (χ2v) is 7.90. The summed E-state index contributed by atoms with van der Waals surface area (Å²) in [7, 11) is -3.58. The molecule has 27 heavy (non-hydrogen) atoms. The van der Waals surface area contributed by atoms with Crippen molar-refractivity contribution in [3.63, 3.8) is 0 Å². The van der Waals surface area contributed by atoms with Gasteiger partial charge in [0.25, 0.3) is 0 Å². The lowest BCUT2D eigenvalue weighted by Gasteiger charge is -2.24. The smallest absolute Gasteiger partial charge is 0.307 e. The third-order valence-corrected chi connectivity index (χ3v) is 4.57. The maximum atomic E-state index is 11.9. The summed E-state index contributed by atoms with van der Waals surface area (Å²) in [6.07, 6.45) is 1.75. The fourth-order valence-corrected chi connectivity index (χ4v) is 3.35. The zero-order valence-electron chi connectivity index (χ0n) is 15.5. The molecule has 2 atom stereocenters. The molecule has 0 aliphatic rings. The van der Waals surface area contributed by atoms with Crippen LogP contribution in [0.2, 0.25) is 0 Å². The van der Waals surface area contributed by atoms with Gasteiger partial charge in [0, 0.05) is 12.0 Å². The van der Waals surface area contributed by atoms with Gasteiger partial charge in [0.2, 0.25) is 0 Å². The van der Waals surface area contributed by atoms with Crippen LogP contribution < -0.4 is 9.92 Å². The van der Waals surface area contributed by atoms with Gasteiger partial charge in [0.05, 0.1) is 19.3 Å². The van der Waals surface area contributed by atoms with E-state index in [4.69, 9.17) is 14.7 Å². The monoisotopic (exact) mass is 391 g/mol. The molecule has 0 aromatic heterocycles. The number of nitrogens with two attached hydrogens (primary N) is 1. The first-order valence-electron chi connectivity index (χ1n) is 8.73. The van der Waals surface area contributed by atoms with Gasteiger partial charge in [-0.3, -0.25) is 4.79 Å². The zero-order chi connectivity index (χ0) is 19.9. The highest BCUT2D eigenvalue weighted by Gasteiger charge is 2.23. The van der Waals surface area contributed by atoms with Crippen LogP contribution in [0, 0.1) is 0 Å². The molecule has 0 fully saturated rings. The van der Waals surface area contributed by atoms with Crippen molar-refractivity contribution in [1.82, 2.24) is 0 Å². The van der Waals surface area contributed by atoms with E-state index in [1.807, 2.05) is 30.3 Å². The van der Waals surface area contributed by atoms with Crippen LogP contribution in [0.1, 0.15) is 30.4 Å². The highest BCUT2D eigenvalue weighted by Crippen LogP contribution is 2.27. The van der Waals surface area contributed by atoms with Crippen LogP contribution in [0.15, 0.2) is 54.6 Å². The van der Waals surface area contributed by atoms with Crippen molar-refractivity contribution >= 4 is 16.1 Å². The van der Waals surface area contributed by atoms with E-state index in [-0.39, 0.29) is 24.1 Å². The van der Waals surface area contributed by atoms with E-state index in [1.165, 1.54) is 0 Å². The lowest BCUT2D eigenvalue weighted by atomic mass is 9.85. The number of carbonyl (C=O) groups excluding carboxylic acids is 1. The van der Waals surface area contributed by atoms with Crippen molar-refractivity contribution in [3.8, 4) is 5.75 Å². The molecule has 0 saturated heterocycles. The van der Waals surface area contributed by atoms with Crippen molar-refractivity contribution in [2.24, 2.45) is 5.73 Å². The minimum absolute atomic E-state index is 0.104. The topological polar surface area (TPSA) is 95.7 Å². The first kappa shape index (κ1) is 20.9. The lowest BCUT2D eigenvalue weighted by Crippen LogP contribution is -2.33. The molecule has 0 heterocycles. The highest BCUT2D eigenvalue weighted by molar-refractivity contribution is 7.86. The average Bonchev–Trinajstić information content (AvgIpc) is 2.60. The van der Waals surface area contributed by atoms with Crippen LogP contribution in [-0.4, -0.2) is 33.3 Å². The zero-order valence-corrected chi connectivity index (χ0v) is 16.3. The minimum Gasteiger partial charge on any atom is -0.466 e. The Bertz CT molecular complexity index is 834. The molecule has 2 aromatic rings. The van der Waals surface area contributed by atoms with Crippen LogP contribution >= 0.6 is 0 Å². The molecule has 2 unspecified atom stereocenters. The molecular weight excluding hydrogens is 366 g/mol. The summed E-state index contributed by atoms with van der Waals surface area (Å²) in [5.41, 5.74) is 8.34.